The van der Waals surface area contributed by atoms with Gasteiger partial charge in [-0.05, 0) is 73.4 Å². The second-order valence-electron chi connectivity index (χ2n) is 11.4. The number of fused-ring (bicyclic) bond motifs is 2. The van der Waals surface area contributed by atoms with Crippen molar-refractivity contribution in [2.45, 2.75) is 32.9 Å². The Morgan fingerprint density at radius 3 is 2.73 bits per heavy atom. The fraction of sp³-hybridized carbons (Fsp3) is 0.200. The molecule has 0 bridgehead atoms. The Bertz CT molecular complexity index is 2150. The number of aliphatic hydroxyl groups is 1. The molecule has 5 heterocycles. The van der Waals surface area contributed by atoms with Crippen molar-refractivity contribution in [2.24, 2.45) is 0 Å². The van der Waals surface area contributed by atoms with Crippen LogP contribution in [0.1, 0.15) is 39.0 Å². The van der Waals surface area contributed by atoms with Gasteiger partial charge in [-0.25, -0.2) is 9.97 Å². The summed E-state index contributed by atoms with van der Waals surface area (Å²) in [5.41, 5.74) is 8.45. The van der Waals surface area contributed by atoms with Gasteiger partial charge in [0.1, 0.15) is 23.4 Å². The minimum Gasteiger partial charge on any atom is -0.435 e. The van der Waals surface area contributed by atoms with Crippen LogP contribution in [0.3, 0.4) is 0 Å². The molecule has 4 aromatic heterocycles. The predicted octanol–water partition coefficient (Wildman–Crippen LogP) is 6.11. The number of nitriles is 1. The molecular weight excluding hydrogens is 566 g/mol. The molecule has 10 heteroatoms. The number of anilines is 2. The van der Waals surface area contributed by atoms with Gasteiger partial charge in [0.2, 0.25) is 5.89 Å². The Morgan fingerprint density at radius 2 is 1.93 bits per heavy atom. The maximum absolute atomic E-state index is 11.4. The van der Waals surface area contributed by atoms with Crippen molar-refractivity contribution in [3.63, 3.8) is 0 Å². The summed E-state index contributed by atoms with van der Waals surface area (Å²) < 4.78 is 6.06. The predicted molar refractivity (Wildman–Crippen MR) is 171 cm³/mol. The number of oxazole rings is 1. The van der Waals surface area contributed by atoms with Gasteiger partial charge in [0.05, 0.1) is 17.4 Å². The zero-order valence-corrected chi connectivity index (χ0v) is 24.8. The minimum absolute atomic E-state index is 0.254. The van der Waals surface area contributed by atoms with Crippen LogP contribution in [0.15, 0.2) is 71.5 Å². The fourth-order valence-electron chi connectivity index (χ4n) is 6.01. The quantitative estimate of drug-likeness (QED) is 0.208. The van der Waals surface area contributed by atoms with Crippen LogP contribution in [0.2, 0.25) is 0 Å². The number of carbonyl (C=O) groups is 1. The van der Waals surface area contributed by atoms with Crippen molar-refractivity contribution in [2.75, 3.05) is 18.4 Å². The van der Waals surface area contributed by atoms with Gasteiger partial charge in [0.15, 0.2) is 11.4 Å². The summed E-state index contributed by atoms with van der Waals surface area (Å²) in [6, 6.07) is 17.1. The molecule has 0 aliphatic carbocycles. The smallest absolute Gasteiger partial charge is 0.227 e. The number of nitrogens with one attached hydrogen (secondary N) is 1. The number of rotatable bonds is 7. The van der Waals surface area contributed by atoms with Crippen molar-refractivity contribution in [1.29, 1.82) is 5.26 Å². The van der Waals surface area contributed by atoms with E-state index in [0.29, 0.717) is 41.2 Å². The highest BCUT2D eigenvalue weighted by Gasteiger charge is 2.21. The maximum atomic E-state index is 11.4. The monoisotopic (exact) mass is 595 g/mol. The molecule has 1 aliphatic heterocycles. The van der Waals surface area contributed by atoms with E-state index < -0.39 is 0 Å². The summed E-state index contributed by atoms with van der Waals surface area (Å²) >= 11 is 0. The van der Waals surface area contributed by atoms with Crippen LogP contribution in [0.25, 0.3) is 44.7 Å². The summed E-state index contributed by atoms with van der Waals surface area (Å²) in [6.07, 6.45) is 6.66. The number of pyridine rings is 3. The van der Waals surface area contributed by atoms with Crippen LogP contribution in [-0.2, 0) is 6.54 Å². The number of hydrogen-bond donors (Lipinski definition) is 2. The Balaban J connectivity index is 1.21. The zero-order chi connectivity index (χ0) is 31.1. The van der Waals surface area contributed by atoms with E-state index >= 15 is 0 Å². The number of likely N-dealkylation sites (tertiary alicyclic amines) is 1. The molecule has 45 heavy (non-hydrogen) atoms. The first-order valence-electron chi connectivity index (χ1n) is 14.7. The molecule has 222 valence electrons. The Hall–Kier alpha value is -5.50. The van der Waals surface area contributed by atoms with Gasteiger partial charge >= 0.3 is 0 Å². The van der Waals surface area contributed by atoms with Gasteiger partial charge in [0, 0.05) is 66.0 Å². The summed E-state index contributed by atoms with van der Waals surface area (Å²) in [5, 5.41) is 23.9. The second kappa shape index (κ2) is 11.5. The number of benzene rings is 2. The lowest BCUT2D eigenvalue weighted by molar-refractivity contribution is 0.112. The first kappa shape index (κ1) is 28.3. The van der Waals surface area contributed by atoms with E-state index in [0.717, 1.165) is 69.6 Å². The molecule has 1 atom stereocenters. The molecule has 0 saturated carbocycles. The van der Waals surface area contributed by atoms with Crippen LogP contribution in [-0.4, -0.2) is 55.4 Å². The highest BCUT2D eigenvalue weighted by atomic mass is 16.3. The van der Waals surface area contributed by atoms with E-state index in [2.05, 4.69) is 32.3 Å². The Labute approximate surface area is 259 Å². The summed E-state index contributed by atoms with van der Waals surface area (Å²) in [6.45, 7) is 6.32. The molecule has 6 aromatic rings. The molecule has 0 radical (unpaired) electrons. The van der Waals surface area contributed by atoms with Crippen LogP contribution in [0, 0.1) is 25.2 Å². The first-order chi connectivity index (χ1) is 21.9. The number of aliphatic hydroxyl groups excluding tert-OH is 1. The number of aromatic nitrogens is 4. The van der Waals surface area contributed by atoms with Gasteiger partial charge < -0.3 is 14.8 Å². The van der Waals surface area contributed by atoms with Crippen LogP contribution < -0.4 is 5.32 Å². The number of aldehydes is 1. The summed E-state index contributed by atoms with van der Waals surface area (Å²) in [4.78, 5) is 32.3. The van der Waals surface area contributed by atoms with Crippen molar-refractivity contribution in [3.8, 4) is 28.8 Å². The van der Waals surface area contributed by atoms with Gasteiger partial charge in [-0.3, -0.25) is 19.7 Å². The normalized spacial score (nSPS) is 15.0. The van der Waals surface area contributed by atoms with Gasteiger partial charge in [-0.2, -0.15) is 5.26 Å². The van der Waals surface area contributed by atoms with E-state index in [4.69, 9.17) is 14.4 Å². The third-order valence-electron chi connectivity index (χ3n) is 8.35. The summed E-state index contributed by atoms with van der Waals surface area (Å²) in [7, 11) is 0. The highest BCUT2D eigenvalue weighted by molar-refractivity contribution is 5.91. The third-order valence-corrected chi connectivity index (χ3v) is 8.35. The van der Waals surface area contributed by atoms with Crippen LogP contribution >= 0.6 is 0 Å². The lowest BCUT2D eigenvalue weighted by atomic mass is 9.96. The average Bonchev–Trinajstić information content (AvgIpc) is 3.67. The van der Waals surface area contributed by atoms with Gasteiger partial charge in [0.25, 0.3) is 0 Å². The number of hydrogen-bond acceptors (Lipinski definition) is 10. The molecular formula is C35H29N7O3. The largest absolute Gasteiger partial charge is 0.435 e. The third kappa shape index (κ3) is 5.29. The van der Waals surface area contributed by atoms with Crippen LogP contribution in [0.5, 0.6) is 0 Å². The van der Waals surface area contributed by atoms with E-state index in [9.17, 15) is 15.2 Å². The van der Waals surface area contributed by atoms with Gasteiger partial charge in [-0.1, -0.05) is 12.1 Å². The Morgan fingerprint density at radius 1 is 1.09 bits per heavy atom. The van der Waals surface area contributed by atoms with Gasteiger partial charge in [-0.15, -0.1) is 0 Å². The van der Waals surface area contributed by atoms with E-state index in [1.54, 1.807) is 18.5 Å². The lowest BCUT2D eigenvalue weighted by Crippen LogP contribution is -2.21. The summed E-state index contributed by atoms with van der Waals surface area (Å²) in [5.74, 6) is 1.01. The zero-order valence-electron chi connectivity index (χ0n) is 24.8. The molecule has 1 aliphatic rings. The van der Waals surface area contributed by atoms with E-state index in [1.165, 1.54) is 6.07 Å². The van der Waals surface area contributed by atoms with Crippen molar-refractivity contribution >= 4 is 39.8 Å². The van der Waals surface area contributed by atoms with Crippen molar-refractivity contribution in [1.82, 2.24) is 24.8 Å². The van der Waals surface area contributed by atoms with Crippen molar-refractivity contribution in [3.05, 3.63) is 94.9 Å². The lowest BCUT2D eigenvalue weighted by Gasteiger charge is -2.16. The molecule has 0 unspecified atom stereocenters. The minimum atomic E-state index is -0.254. The average molecular weight is 596 g/mol. The first-order valence-corrected chi connectivity index (χ1v) is 14.7. The molecule has 2 N–H and O–H groups in total. The SMILES string of the molecule is Cc1c(-c2nc3cc(C=O)cc(C#N)c3o2)cccc1-c1nccc(Nc2nccc3cc(CN4CC[C@@H](O)C4)cnc23)c1C. The second-order valence-corrected chi connectivity index (χ2v) is 11.4. The topological polar surface area (TPSA) is 141 Å². The molecule has 1 saturated heterocycles. The molecule has 0 spiro atoms. The maximum Gasteiger partial charge on any atom is 0.227 e. The molecule has 10 nitrogen and oxygen atoms in total. The Kier molecular flexibility index (Phi) is 7.25. The number of β-amino-alcohol motifs (C(OH)–C–C–N with tert-alkyl or cyclic N) is 1. The molecule has 2 aromatic carbocycles. The number of carbonyl (C=O) groups excluding carboxylic acids is 1. The fourth-order valence-corrected chi connectivity index (χ4v) is 6.01. The van der Waals surface area contributed by atoms with E-state index in [-0.39, 0.29) is 11.7 Å². The van der Waals surface area contributed by atoms with Crippen molar-refractivity contribution < 1.29 is 14.3 Å². The highest BCUT2D eigenvalue weighted by Crippen LogP contribution is 2.36. The molecule has 7 rings (SSSR count). The molecule has 0 amide bonds. The molecule has 1 fully saturated rings. The van der Waals surface area contributed by atoms with Crippen LogP contribution in [0.4, 0.5) is 11.5 Å². The number of nitrogens with zero attached hydrogens (tertiary/aromatic N) is 6. The van der Waals surface area contributed by atoms with E-state index in [1.807, 2.05) is 50.4 Å². The standard InChI is InChI=1S/C35H29N7O3/c1-20-27(4-3-5-28(20)35-41-30-14-22(19-43)12-25(15-36)33(30)45-35)31-21(2)29(7-10-37-31)40-34-32-24(6-9-38-34)13-23(16-39-32)17-42-11-8-26(44)18-42/h3-7,9-10,12-14,16,19,26,44H,8,11,17-18H2,1-2H3,(H,37,38,40)/t26-/m1/s1.